The van der Waals surface area contributed by atoms with Gasteiger partial charge in [0.25, 0.3) is 0 Å². The number of carboxylic acids is 1. The average Bonchev–Trinajstić information content (AvgIpc) is 2.39. The summed E-state index contributed by atoms with van der Waals surface area (Å²) in [6.45, 7) is 4.14. The van der Waals surface area contributed by atoms with Crippen LogP contribution in [0.4, 0.5) is 0 Å². The highest BCUT2D eigenvalue weighted by Crippen LogP contribution is 2.26. The maximum atomic E-state index is 12.1. The minimum atomic E-state index is -0.872. The molecule has 0 spiro atoms. The Morgan fingerprint density at radius 2 is 1.89 bits per heavy atom. The van der Waals surface area contributed by atoms with Crippen LogP contribution in [0.2, 0.25) is 0 Å². The number of nitrogens with one attached hydrogen (secondary N) is 1. The molecule has 1 aliphatic rings. The zero-order valence-electron chi connectivity index (χ0n) is 11.9. The molecule has 1 rings (SSSR count). The van der Waals surface area contributed by atoms with E-state index in [-0.39, 0.29) is 11.9 Å². The number of amides is 1. The van der Waals surface area contributed by atoms with E-state index in [1.54, 1.807) is 0 Å². The minimum Gasteiger partial charge on any atom is -0.481 e. The lowest BCUT2D eigenvalue weighted by Crippen LogP contribution is -2.42. The van der Waals surface area contributed by atoms with Crippen molar-refractivity contribution >= 4 is 11.9 Å². The molecule has 0 heterocycles. The van der Waals surface area contributed by atoms with Crippen LogP contribution in [0.5, 0.6) is 0 Å². The van der Waals surface area contributed by atoms with E-state index in [0.29, 0.717) is 12.8 Å². The van der Waals surface area contributed by atoms with Gasteiger partial charge in [-0.1, -0.05) is 38.3 Å². The Balaban J connectivity index is 2.47. The lowest BCUT2D eigenvalue weighted by molar-refractivity contribution is -0.147. The average molecular weight is 267 g/mol. The van der Waals surface area contributed by atoms with Gasteiger partial charge in [0.05, 0.1) is 11.8 Å². The van der Waals surface area contributed by atoms with Crippen LogP contribution < -0.4 is 5.32 Å². The summed E-state index contributed by atoms with van der Waals surface area (Å²) in [5.41, 5.74) is 0. The Morgan fingerprint density at radius 3 is 2.47 bits per heavy atom. The molecule has 0 aromatic carbocycles. The van der Waals surface area contributed by atoms with Gasteiger partial charge in [-0.3, -0.25) is 9.59 Å². The van der Waals surface area contributed by atoms with Crippen LogP contribution >= 0.6 is 0 Å². The zero-order valence-corrected chi connectivity index (χ0v) is 11.9. The Bertz CT molecular complexity index is 338. The summed E-state index contributed by atoms with van der Waals surface area (Å²) < 4.78 is 0. The van der Waals surface area contributed by atoms with E-state index in [0.717, 1.165) is 19.3 Å². The second-order valence-electron chi connectivity index (χ2n) is 5.40. The molecule has 0 aromatic heterocycles. The quantitative estimate of drug-likeness (QED) is 0.550. The molecule has 1 aliphatic carbocycles. The van der Waals surface area contributed by atoms with Crippen molar-refractivity contribution in [1.29, 1.82) is 0 Å². The molecule has 0 fully saturated rings. The number of carboxylic acid groups (broad SMARTS) is 1. The maximum absolute atomic E-state index is 12.1. The Hall–Kier alpha value is -1.32. The van der Waals surface area contributed by atoms with E-state index in [1.807, 2.05) is 19.1 Å². The van der Waals surface area contributed by atoms with E-state index in [1.165, 1.54) is 6.42 Å². The van der Waals surface area contributed by atoms with Crippen molar-refractivity contribution in [2.24, 2.45) is 11.8 Å². The van der Waals surface area contributed by atoms with Gasteiger partial charge in [0.2, 0.25) is 5.91 Å². The van der Waals surface area contributed by atoms with Gasteiger partial charge in [-0.05, 0) is 26.2 Å². The Labute approximate surface area is 115 Å². The lowest BCUT2D eigenvalue weighted by atomic mass is 9.82. The van der Waals surface area contributed by atoms with Crippen LogP contribution in [-0.2, 0) is 9.59 Å². The standard InChI is InChI=1S/C15H25NO3/c1-3-4-5-8-11(2)16-14(17)12-9-6-7-10-13(12)15(18)19/h6-7,11-13H,3-5,8-10H2,1-2H3,(H,16,17)(H,18,19). The first-order chi connectivity index (χ1) is 9.06. The highest BCUT2D eigenvalue weighted by Gasteiger charge is 2.34. The third-order valence-corrected chi connectivity index (χ3v) is 3.72. The van der Waals surface area contributed by atoms with Gasteiger partial charge in [-0.15, -0.1) is 0 Å². The van der Waals surface area contributed by atoms with E-state index in [2.05, 4.69) is 12.2 Å². The second kappa shape index (κ2) is 7.97. The van der Waals surface area contributed by atoms with Crippen molar-refractivity contribution < 1.29 is 14.7 Å². The number of rotatable bonds is 7. The monoisotopic (exact) mass is 267 g/mol. The van der Waals surface area contributed by atoms with E-state index >= 15 is 0 Å². The summed E-state index contributed by atoms with van der Waals surface area (Å²) in [5, 5.41) is 12.1. The van der Waals surface area contributed by atoms with Gasteiger partial charge in [0.15, 0.2) is 0 Å². The van der Waals surface area contributed by atoms with Crippen LogP contribution in [0.1, 0.15) is 52.4 Å². The summed E-state index contributed by atoms with van der Waals surface area (Å²) in [6.07, 6.45) is 9.14. The SMILES string of the molecule is CCCCCC(C)NC(=O)C1CC=CCC1C(=O)O. The third-order valence-electron chi connectivity index (χ3n) is 3.72. The van der Waals surface area contributed by atoms with Crippen LogP contribution in [0.15, 0.2) is 12.2 Å². The number of aliphatic carboxylic acids is 1. The first-order valence-corrected chi connectivity index (χ1v) is 7.24. The summed E-state index contributed by atoms with van der Waals surface area (Å²) in [7, 11) is 0. The van der Waals surface area contributed by atoms with Crippen LogP contribution in [0.25, 0.3) is 0 Å². The number of unbranched alkanes of at least 4 members (excludes halogenated alkanes) is 2. The van der Waals surface area contributed by atoms with Gasteiger partial charge in [-0.2, -0.15) is 0 Å². The molecule has 3 unspecified atom stereocenters. The maximum Gasteiger partial charge on any atom is 0.307 e. The number of carbonyl (C=O) groups excluding carboxylic acids is 1. The first-order valence-electron chi connectivity index (χ1n) is 7.24. The largest absolute Gasteiger partial charge is 0.481 e. The van der Waals surface area contributed by atoms with Gasteiger partial charge < -0.3 is 10.4 Å². The highest BCUT2D eigenvalue weighted by atomic mass is 16.4. The molecule has 0 aliphatic heterocycles. The highest BCUT2D eigenvalue weighted by molar-refractivity contribution is 5.85. The van der Waals surface area contributed by atoms with Gasteiger partial charge >= 0.3 is 5.97 Å². The number of hydrogen-bond acceptors (Lipinski definition) is 2. The van der Waals surface area contributed by atoms with Gasteiger partial charge in [0, 0.05) is 6.04 Å². The summed E-state index contributed by atoms with van der Waals surface area (Å²) in [4.78, 5) is 23.3. The third kappa shape index (κ3) is 5.05. The molecule has 4 heteroatoms. The Morgan fingerprint density at radius 1 is 1.26 bits per heavy atom. The second-order valence-corrected chi connectivity index (χ2v) is 5.40. The molecule has 3 atom stereocenters. The predicted octanol–water partition coefficient (Wildman–Crippen LogP) is 2.74. The van der Waals surface area contributed by atoms with Crippen molar-refractivity contribution in [2.45, 2.75) is 58.4 Å². The zero-order chi connectivity index (χ0) is 14.3. The van der Waals surface area contributed by atoms with Crippen molar-refractivity contribution in [3.8, 4) is 0 Å². The molecule has 0 saturated heterocycles. The molecule has 0 radical (unpaired) electrons. The predicted molar refractivity (Wildman–Crippen MR) is 74.7 cm³/mol. The molecule has 19 heavy (non-hydrogen) atoms. The normalized spacial score (nSPS) is 23.9. The lowest BCUT2D eigenvalue weighted by Gasteiger charge is -2.26. The fourth-order valence-electron chi connectivity index (χ4n) is 2.50. The van der Waals surface area contributed by atoms with E-state index < -0.39 is 17.8 Å². The Kier molecular flexibility index (Phi) is 6.60. The summed E-state index contributed by atoms with van der Waals surface area (Å²) in [5.74, 6) is -1.98. The molecular weight excluding hydrogens is 242 g/mol. The van der Waals surface area contributed by atoms with Crippen molar-refractivity contribution in [1.82, 2.24) is 5.32 Å². The van der Waals surface area contributed by atoms with Gasteiger partial charge in [0.1, 0.15) is 0 Å². The van der Waals surface area contributed by atoms with Crippen LogP contribution in [0, 0.1) is 11.8 Å². The summed E-state index contributed by atoms with van der Waals surface area (Å²) >= 11 is 0. The minimum absolute atomic E-state index is 0.110. The van der Waals surface area contributed by atoms with Gasteiger partial charge in [-0.25, -0.2) is 0 Å². The molecule has 0 saturated carbocycles. The first kappa shape index (κ1) is 15.7. The molecule has 0 bridgehead atoms. The van der Waals surface area contributed by atoms with Crippen molar-refractivity contribution in [3.63, 3.8) is 0 Å². The molecule has 2 N–H and O–H groups in total. The smallest absolute Gasteiger partial charge is 0.307 e. The summed E-state index contributed by atoms with van der Waals surface area (Å²) in [6, 6.07) is 0.124. The molecule has 4 nitrogen and oxygen atoms in total. The topological polar surface area (TPSA) is 66.4 Å². The number of allylic oxidation sites excluding steroid dienone is 2. The fourth-order valence-corrected chi connectivity index (χ4v) is 2.50. The number of hydrogen-bond donors (Lipinski definition) is 2. The van der Waals surface area contributed by atoms with Crippen molar-refractivity contribution in [3.05, 3.63) is 12.2 Å². The van der Waals surface area contributed by atoms with Crippen molar-refractivity contribution in [2.75, 3.05) is 0 Å². The van der Waals surface area contributed by atoms with Crippen LogP contribution in [0.3, 0.4) is 0 Å². The van der Waals surface area contributed by atoms with Crippen LogP contribution in [-0.4, -0.2) is 23.0 Å². The molecule has 0 aromatic rings. The molecule has 108 valence electrons. The molecular formula is C15H25NO3. The molecule has 1 amide bonds. The number of carbonyl (C=O) groups is 2. The van der Waals surface area contributed by atoms with E-state index in [9.17, 15) is 9.59 Å². The van der Waals surface area contributed by atoms with E-state index in [4.69, 9.17) is 5.11 Å². The fraction of sp³-hybridized carbons (Fsp3) is 0.733.